The molecule has 37 heavy (non-hydrogen) atoms. The number of benzene rings is 4. The molecule has 6 nitrogen and oxygen atoms in total. The lowest BCUT2D eigenvalue weighted by molar-refractivity contribution is 0.0687. The first-order chi connectivity index (χ1) is 17.6. The molecular formula is C27H18F4N2O4. The second kappa shape index (κ2) is 10.4. The van der Waals surface area contributed by atoms with Gasteiger partial charge in [-0.25, -0.2) is 27.2 Å². The van der Waals surface area contributed by atoms with Gasteiger partial charge in [-0.15, -0.1) is 0 Å². The van der Waals surface area contributed by atoms with Crippen LogP contribution in [0.1, 0.15) is 31.8 Å². The van der Waals surface area contributed by atoms with Crippen molar-refractivity contribution in [2.45, 2.75) is 6.42 Å². The molecule has 10 heteroatoms. The lowest BCUT2D eigenvalue weighted by Crippen LogP contribution is -2.06. The quantitative estimate of drug-likeness (QED) is 0.197. The number of hydrogen-bond donors (Lipinski definition) is 4. The Morgan fingerprint density at radius 3 is 1.32 bits per heavy atom. The van der Waals surface area contributed by atoms with Crippen molar-refractivity contribution in [1.82, 2.24) is 0 Å². The molecule has 0 fully saturated rings. The third-order valence-electron chi connectivity index (χ3n) is 5.43. The molecule has 0 aliphatic rings. The summed E-state index contributed by atoms with van der Waals surface area (Å²) in [6.07, 6.45) is 0.178. The average Bonchev–Trinajstić information content (AvgIpc) is 2.85. The second-order valence-corrected chi connectivity index (χ2v) is 8.05. The van der Waals surface area contributed by atoms with Crippen LogP contribution >= 0.6 is 0 Å². The van der Waals surface area contributed by atoms with E-state index < -0.39 is 35.2 Å². The van der Waals surface area contributed by atoms with Gasteiger partial charge < -0.3 is 20.8 Å². The van der Waals surface area contributed by atoms with Crippen molar-refractivity contribution in [2.24, 2.45) is 0 Å². The van der Waals surface area contributed by atoms with Gasteiger partial charge in [0.05, 0.1) is 22.5 Å². The molecule has 0 atom stereocenters. The Morgan fingerprint density at radius 2 is 0.973 bits per heavy atom. The predicted molar refractivity (Wildman–Crippen MR) is 129 cm³/mol. The van der Waals surface area contributed by atoms with Crippen molar-refractivity contribution < 1.29 is 37.4 Å². The van der Waals surface area contributed by atoms with Crippen LogP contribution in [0.4, 0.5) is 40.3 Å². The van der Waals surface area contributed by atoms with E-state index in [0.29, 0.717) is 11.1 Å². The highest BCUT2D eigenvalue weighted by atomic mass is 19.2. The maximum Gasteiger partial charge on any atom is 0.337 e. The lowest BCUT2D eigenvalue weighted by atomic mass is 9.99. The van der Waals surface area contributed by atoms with Crippen LogP contribution in [0.5, 0.6) is 0 Å². The Bertz CT molecular complexity index is 1410. The van der Waals surface area contributed by atoms with Crippen molar-refractivity contribution >= 4 is 34.7 Å². The number of anilines is 4. The maximum absolute atomic E-state index is 13.5. The molecule has 0 saturated heterocycles. The number of hydrogen-bond acceptors (Lipinski definition) is 4. The van der Waals surface area contributed by atoms with Crippen LogP contribution in [0.25, 0.3) is 0 Å². The lowest BCUT2D eigenvalue weighted by Gasteiger charge is -2.14. The van der Waals surface area contributed by atoms with Crippen LogP contribution in [0.2, 0.25) is 0 Å². The molecule has 0 amide bonds. The predicted octanol–water partition coefficient (Wildman–Crippen LogP) is 6.72. The molecule has 0 aromatic heterocycles. The zero-order chi connectivity index (χ0) is 26.7. The minimum absolute atomic E-state index is 0.127. The number of halogens is 4. The van der Waals surface area contributed by atoms with Crippen LogP contribution in [-0.2, 0) is 6.42 Å². The van der Waals surface area contributed by atoms with E-state index in [1.165, 1.54) is 36.4 Å². The number of rotatable bonds is 8. The summed E-state index contributed by atoms with van der Waals surface area (Å²) < 4.78 is 53.4. The highest BCUT2D eigenvalue weighted by molar-refractivity contribution is 5.96. The van der Waals surface area contributed by atoms with E-state index in [4.69, 9.17) is 0 Å². The first-order valence-electron chi connectivity index (χ1n) is 10.8. The van der Waals surface area contributed by atoms with Crippen molar-refractivity contribution in [3.05, 3.63) is 118 Å². The standard InChI is InChI=1S/C27H18F4N2O4/c28-20-5-3-16(12-22(20)30)32-24-7-1-14(10-18(24)26(34)35)9-15-2-8-25(19(11-15)27(36)37)33-17-4-6-21(29)23(31)13-17/h1-8,10-13,32-33H,9H2,(H,34,35)(H,36,37). The van der Waals surface area contributed by atoms with E-state index in [2.05, 4.69) is 10.6 Å². The van der Waals surface area contributed by atoms with Crippen LogP contribution in [0.3, 0.4) is 0 Å². The molecule has 0 bridgehead atoms. The molecule has 0 radical (unpaired) electrons. The van der Waals surface area contributed by atoms with Gasteiger partial charge in [-0.3, -0.25) is 0 Å². The van der Waals surface area contributed by atoms with E-state index in [9.17, 15) is 37.4 Å². The number of carboxylic acids is 2. The molecule has 0 aliphatic carbocycles. The van der Waals surface area contributed by atoms with Crippen LogP contribution in [-0.4, -0.2) is 22.2 Å². The first-order valence-corrected chi connectivity index (χ1v) is 10.8. The van der Waals surface area contributed by atoms with Gasteiger partial charge in [0.1, 0.15) is 0 Å². The summed E-state index contributed by atoms with van der Waals surface area (Å²) in [7, 11) is 0. The molecule has 188 valence electrons. The van der Waals surface area contributed by atoms with Gasteiger partial charge in [0, 0.05) is 23.5 Å². The summed E-state index contributed by atoms with van der Waals surface area (Å²) in [4.78, 5) is 23.7. The Labute approximate surface area is 207 Å². The molecule has 4 rings (SSSR count). The van der Waals surface area contributed by atoms with Crippen molar-refractivity contribution in [3.8, 4) is 0 Å². The number of nitrogens with one attached hydrogen (secondary N) is 2. The Morgan fingerprint density at radius 1 is 0.568 bits per heavy atom. The number of carboxylic acid groups (broad SMARTS) is 2. The second-order valence-electron chi connectivity index (χ2n) is 8.05. The average molecular weight is 510 g/mol. The molecule has 0 aliphatic heterocycles. The van der Waals surface area contributed by atoms with E-state index >= 15 is 0 Å². The molecule has 0 unspecified atom stereocenters. The molecule has 4 aromatic carbocycles. The monoisotopic (exact) mass is 510 g/mol. The van der Waals surface area contributed by atoms with Crippen LogP contribution in [0, 0.1) is 23.3 Å². The number of carbonyl (C=O) groups is 2. The molecule has 4 N–H and O–H groups in total. The minimum atomic E-state index is -1.26. The summed E-state index contributed by atoms with van der Waals surface area (Å²) in [6, 6.07) is 15.1. The largest absolute Gasteiger partial charge is 0.478 e. The van der Waals surface area contributed by atoms with Gasteiger partial charge in [0.15, 0.2) is 23.3 Å². The van der Waals surface area contributed by atoms with E-state index in [-0.39, 0.29) is 40.3 Å². The Balaban J connectivity index is 1.59. The Kier molecular flexibility index (Phi) is 7.10. The van der Waals surface area contributed by atoms with Crippen molar-refractivity contribution in [2.75, 3.05) is 10.6 Å². The van der Waals surface area contributed by atoms with Gasteiger partial charge >= 0.3 is 11.9 Å². The third-order valence-corrected chi connectivity index (χ3v) is 5.43. The molecule has 0 saturated carbocycles. The van der Waals surface area contributed by atoms with Crippen molar-refractivity contribution in [3.63, 3.8) is 0 Å². The van der Waals surface area contributed by atoms with E-state index in [0.717, 1.165) is 24.3 Å². The normalized spacial score (nSPS) is 10.7. The Hall–Kier alpha value is -4.86. The summed E-state index contributed by atoms with van der Waals surface area (Å²) in [6.45, 7) is 0. The topological polar surface area (TPSA) is 98.7 Å². The summed E-state index contributed by atoms with van der Waals surface area (Å²) >= 11 is 0. The summed E-state index contributed by atoms with van der Waals surface area (Å²) in [5.74, 6) is -6.77. The smallest absolute Gasteiger partial charge is 0.337 e. The SMILES string of the molecule is O=C(O)c1cc(Cc2ccc(Nc3ccc(F)c(F)c3)c(C(=O)O)c2)ccc1Nc1ccc(F)c(F)c1. The molecule has 0 spiro atoms. The van der Waals surface area contributed by atoms with E-state index in [1.807, 2.05) is 0 Å². The van der Waals surface area contributed by atoms with Crippen LogP contribution in [0.15, 0.2) is 72.8 Å². The fourth-order valence-electron chi connectivity index (χ4n) is 3.67. The molecule has 0 heterocycles. The minimum Gasteiger partial charge on any atom is -0.478 e. The van der Waals surface area contributed by atoms with Gasteiger partial charge in [0.25, 0.3) is 0 Å². The van der Waals surface area contributed by atoms with Crippen LogP contribution < -0.4 is 10.6 Å². The molecule has 4 aromatic rings. The first kappa shape index (κ1) is 25.2. The highest BCUT2D eigenvalue weighted by Gasteiger charge is 2.15. The van der Waals surface area contributed by atoms with Gasteiger partial charge in [-0.05, 0) is 66.1 Å². The number of aromatic carboxylic acids is 2. The van der Waals surface area contributed by atoms with E-state index in [1.54, 1.807) is 12.1 Å². The van der Waals surface area contributed by atoms with Gasteiger partial charge in [-0.1, -0.05) is 12.1 Å². The fourth-order valence-corrected chi connectivity index (χ4v) is 3.67. The summed E-state index contributed by atoms with van der Waals surface area (Å²) in [5, 5.41) is 24.8. The fraction of sp³-hybridized carbons (Fsp3) is 0.0370. The maximum atomic E-state index is 13.5. The van der Waals surface area contributed by atoms with Gasteiger partial charge in [0.2, 0.25) is 0 Å². The third kappa shape index (κ3) is 5.87. The van der Waals surface area contributed by atoms with Crippen molar-refractivity contribution in [1.29, 1.82) is 0 Å². The highest BCUT2D eigenvalue weighted by Crippen LogP contribution is 2.27. The van der Waals surface area contributed by atoms with Gasteiger partial charge in [-0.2, -0.15) is 0 Å². The molecular weight excluding hydrogens is 492 g/mol. The zero-order valence-corrected chi connectivity index (χ0v) is 18.9. The zero-order valence-electron chi connectivity index (χ0n) is 18.9. The summed E-state index contributed by atoms with van der Waals surface area (Å²) in [5.41, 5.74) is 1.46.